The van der Waals surface area contributed by atoms with Crippen molar-refractivity contribution >= 4 is 0 Å². The topological polar surface area (TPSA) is 66.4 Å². The molecule has 0 amide bonds. The van der Waals surface area contributed by atoms with Crippen molar-refractivity contribution in [2.24, 2.45) is 0 Å². The van der Waals surface area contributed by atoms with E-state index in [0.29, 0.717) is 13.2 Å². The van der Waals surface area contributed by atoms with Crippen LogP contribution in [-0.2, 0) is 36.9 Å². The smallest absolute Gasteiger partial charge is 0.272 e. The van der Waals surface area contributed by atoms with E-state index >= 15 is 0 Å². The van der Waals surface area contributed by atoms with Crippen molar-refractivity contribution in [3.05, 3.63) is 71.8 Å². The number of hydrogen-bond donors (Lipinski definition) is 1. The highest BCUT2D eigenvalue weighted by atomic mass is 16.9. The second-order valence-corrected chi connectivity index (χ2v) is 7.10. The van der Waals surface area contributed by atoms with Gasteiger partial charge in [0, 0.05) is 0 Å². The van der Waals surface area contributed by atoms with Gasteiger partial charge in [0.1, 0.15) is 36.6 Å². The summed E-state index contributed by atoms with van der Waals surface area (Å²) in [6.07, 6.45) is -2.96. The lowest BCUT2D eigenvalue weighted by Crippen LogP contribution is -2.75. The summed E-state index contributed by atoms with van der Waals surface area (Å²) in [7, 11) is 0. The van der Waals surface area contributed by atoms with Crippen molar-refractivity contribution in [3.8, 4) is 0 Å². The number of aliphatic hydroxyl groups is 1. The standard InChI is InChI=1S/C21H22O6/c22-15-16-18(23-11-13-7-3-1-4-8-13)20-19(17(15)26-21(25-16)27-20)24-12-14-9-5-2-6-10-14/h1-10,15-22H,11-12H2/t15-,16-,17?,18?,19?,20+,21?/m0/s1. The van der Waals surface area contributed by atoms with Gasteiger partial charge in [0.25, 0.3) is 6.48 Å². The van der Waals surface area contributed by atoms with Gasteiger partial charge >= 0.3 is 0 Å². The Morgan fingerprint density at radius 3 is 1.59 bits per heavy atom. The summed E-state index contributed by atoms with van der Waals surface area (Å²) in [5.41, 5.74) is 2.11. The van der Waals surface area contributed by atoms with Crippen LogP contribution in [0.3, 0.4) is 0 Å². The van der Waals surface area contributed by atoms with Crippen LogP contribution in [0.5, 0.6) is 0 Å². The highest BCUT2D eigenvalue weighted by molar-refractivity contribution is 5.15. The number of benzene rings is 2. The maximum Gasteiger partial charge on any atom is 0.272 e. The fourth-order valence-corrected chi connectivity index (χ4v) is 4.00. The van der Waals surface area contributed by atoms with E-state index in [1.165, 1.54) is 0 Å². The summed E-state index contributed by atoms with van der Waals surface area (Å²) in [6.45, 7) is 0.0700. The molecule has 0 spiro atoms. The Kier molecular flexibility index (Phi) is 4.69. The molecular formula is C21H22O6. The molecular weight excluding hydrogens is 348 g/mol. The van der Waals surface area contributed by atoms with Gasteiger partial charge in [0.15, 0.2) is 0 Å². The average molecular weight is 370 g/mol. The van der Waals surface area contributed by atoms with E-state index in [1.807, 2.05) is 60.7 Å². The van der Waals surface area contributed by atoms with Crippen molar-refractivity contribution in [1.29, 1.82) is 0 Å². The second-order valence-electron chi connectivity index (χ2n) is 7.10. The number of aliphatic hydroxyl groups excluding tert-OH is 1. The zero-order valence-corrected chi connectivity index (χ0v) is 14.7. The van der Waals surface area contributed by atoms with Crippen molar-refractivity contribution in [3.63, 3.8) is 0 Å². The molecule has 0 radical (unpaired) electrons. The van der Waals surface area contributed by atoms with Crippen LogP contribution in [0.15, 0.2) is 60.7 Å². The lowest BCUT2D eigenvalue weighted by Gasteiger charge is -2.57. The Morgan fingerprint density at radius 1 is 0.667 bits per heavy atom. The van der Waals surface area contributed by atoms with Crippen LogP contribution in [0.1, 0.15) is 11.1 Å². The summed E-state index contributed by atoms with van der Waals surface area (Å²) in [6, 6.07) is 19.8. The van der Waals surface area contributed by atoms with E-state index in [-0.39, 0.29) is 6.10 Å². The fraction of sp³-hybridized carbons (Fsp3) is 0.429. The van der Waals surface area contributed by atoms with Crippen molar-refractivity contribution in [2.75, 3.05) is 0 Å². The predicted molar refractivity (Wildman–Crippen MR) is 94.5 cm³/mol. The highest BCUT2D eigenvalue weighted by Crippen LogP contribution is 2.42. The second kappa shape index (κ2) is 7.31. The highest BCUT2D eigenvalue weighted by Gasteiger charge is 2.62. The SMILES string of the molecule is O[C@@H]1C2OC3O[C@@H](C2OCc2ccccc2)C(OCc2ccccc2)[C@H]1O3. The molecule has 1 aliphatic carbocycles. The minimum absolute atomic E-state index is 0.344. The molecule has 6 heteroatoms. The van der Waals surface area contributed by atoms with Gasteiger partial charge in [-0.25, -0.2) is 0 Å². The summed E-state index contributed by atoms with van der Waals surface area (Å²) in [5.74, 6) is 0. The van der Waals surface area contributed by atoms with Crippen LogP contribution >= 0.6 is 0 Å². The van der Waals surface area contributed by atoms with Crippen molar-refractivity contribution in [2.45, 2.75) is 56.3 Å². The van der Waals surface area contributed by atoms with Crippen LogP contribution in [0.25, 0.3) is 0 Å². The van der Waals surface area contributed by atoms with Gasteiger partial charge in [-0.2, -0.15) is 0 Å². The zero-order chi connectivity index (χ0) is 18.2. The maximum absolute atomic E-state index is 10.7. The van der Waals surface area contributed by atoms with Gasteiger partial charge in [-0.3, -0.25) is 0 Å². The van der Waals surface area contributed by atoms with Gasteiger partial charge in [0.2, 0.25) is 0 Å². The van der Waals surface area contributed by atoms with Gasteiger partial charge in [-0.05, 0) is 11.1 Å². The first kappa shape index (κ1) is 17.3. The molecule has 4 aliphatic rings. The molecule has 1 saturated carbocycles. The van der Waals surface area contributed by atoms with Gasteiger partial charge in [-0.15, -0.1) is 0 Å². The monoisotopic (exact) mass is 370 g/mol. The number of hydrogen-bond acceptors (Lipinski definition) is 6. The lowest BCUT2D eigenvalue weighted by molar-refractivity contribution is -0.487. The summed E-state index contributed by atoms with van der Waals surface area (Å²) in [4.78, 5) is 0. The van der Waals surface area contributed by atoms with E-state index in [1.54, 1.807) is 0 Å². The van der Waals surface area contributed by atoms with E-state index in [4.69, 9.17) is 23.7 Å². The molecule has 3 aliphatic heterocycles. The van der Waals surface area contributed by atoms with E-state index < -0.39 is 37.0 Å². The molecule has 3 heterocycles. The summed E-state index contributed by atoms with van der Waals surface area (Å²) in [5, 5.41) is 10.7. The molecule has 6 rings (SSSR count). The quantitative estimate of drug-likeness (QED) is 0.839. The minimum atomic E-state index is -0.817. The molecule has 142 valence electrons. The number of rotatable bonds is 6. The molecule has 7 atom stereocenters. The third-order valence-electron chi connectivity index (χ3n) is 5.34. The van der Waals surface area contributed by atoms with Gasteiger partial charge < -0.3 is 28.8 Å². The summed E-state index contributed by atoms with van der Waals surface area (Å²) >= 11 is 0. The van der Waals surface area contributed by atoms with Gasteiger partial charge in [-0.1, -0.05) is 60.7 Å². The predicted octanol–water partition coefficient (Wildman–Crippen LogP) is 2.00. The Balaban J connectivity index is 1.31. The summed E-state index contributed by atoms with van der Waals surface area (Å²) < 4.78 is 29.4. The normalized spacial score (nSPS) is 36.9. The molecule has 6 nitrogen and oxygen atoms in total. The van der Waals surface area contributed by atoms with Crippen LogP contribution in [0.2, 0.25) is 0 Å². The maximum atomic E-state index is 10.7. The molecule has 2 aromatic rings. The molecule has 4 fully saturated rings. The molecule has 4 bridgehead atoms. The number of ether oxygens (including phenoxy) is 5. The molecule has 3 saturated heterocycles. The van der Waals surface area contributed by atoms with Gasteiger partial charge in [0.05, 0.1) is 13.2 Å². The zero-order valence-electron chi connectivity index (χ0n) is 14.7. The van der Waals surface area contributed by atoms with E-state index in [2.05, 4.69) is 0 Å². The van der Waals surface area contributed by atoms with Crippen LogP contribution < -0.4 is 0 Å². The Labute approximate surface area is 157 Å². The first-order valence-electron chi connectivity index (χ1n) is 9.25. The Morgan fingerprint density at radius 2 is 1.11 bits per heavy atom. The first-order valence-corrected chi connectivity index (χ1v) is 9.25. The minimum Gasteiger partial charge on any atom is -0.387 e. The van der Waals surface area contributed by atoms with E-state index in [0.717, 1.165) is 11.1 Å². The van der Waals surface area contributed by atoms with Crippen LogP contribution in [0.4, 0.5) is 0 Å². The lowest BCUT2D eigenvalue weighted by atomic mass is 9.82. The molecule has 1 N–H and O–H groups in total. The van der Waals surface area contributed by atoms with Crippen molar-refractivity contribution < 1.29 is 28.8 Å². The Bertz CT molecular complexity index is 692. The van der Waals surface area contributed by atoms with Crippen LogP contribution in [0, 0.1) is 0 Å². The van der Waals surface area contributed by atoms with Crippen molar-refractivity contribution in [1.82, 2.24) is 0 Å². The molecule has 0 aromatic heterocycles. The Hall–Kier alpha value is -1.80. The van der Waals surface area contributed by atoms with Crippen LogP contribution in [-0.4, -0.2) is 48.2 Å². The molecule has 27 heavy (non-hydrogen) atoms. The molecule has 2 aromatic carbocycles. The molecule has 4 unspecified atom stereocenters. The third kappa shape index (κ3) is 3.29. The first-order chi connectivity index (χ1) is 13.3. The van der Waals surface area contributed by atoms with E-state index in [9.17, 15) is 5.11 Å². The fourth-order valence-electron chi connectivity index (χ4n) is 4.00. The largest absolute Gasteiger partial charge is 0.387 e. The third-order valence-corrected chi connectivity index (χ3v) is 5.34. The average Bonchev–Trinajstić information content (AvgIpc) is 2.72.